The van der Waals surface area contributed by atoms with Gasteiger partial charge in [-0.1, -0.05) is 31.0 Å². The summed E-state index contributed by atoms with van der Waals surface area (Å²) in [4.78, 5) is 13.6. The van der Waals surface area contributed by atoms with Gasteiger partial charge < -0.3 is 10.6 Å². The minimum absolute atomic E-state index is 0.171. The van der Waals surface area contributed by atoms with E-state index < -0.39 is 0 Å². The molecule has 0 spiro atoms. The third-order valence-corrected chi connectivity index (χ3v) is 6.10. The molecule has 1 aliphatic heterocycles. The van der Waals surface area contributed by atoms with Gasteiger partial charge in [-0.3, -0.25) is 4.79 Å². The molecule has 0 aromatic heterocycles. The molecule has 2 N–H and O–H groups in total. The van der Waals surface area contributed by atoms with Crippen molar-refractivity contribution in [2.45, 2.75) is 41.7 Å². The first-order valence-electron chi connectivity index (χ1n) is 8.00. The number of hydrogen-bond donors (Lipinski definition) is 2. The topological polar surface area (TPSA) is 41.1 Å². The molecule has 1 aromatic carbocycles. The number of thioether (sulfide) groups is 1. The van der Waals surface area contributed by atoms with Gasteiger partial charge in [-0.05, 0) is 37.9 Å². The van der Waals surface area contributed by atoms with Crippen LogP contribution in [0.2, 0.25) is 0 Å². The van der Waals surface area contributed by atoms with Crippen molar-refractivity contribution >= 4 is 17.7 Å². The Balaban J connectivity index is 1.60. The second kappa shape index (κ2) is 6.84. The number of rotatable bonds is 5. The molecule has 2 aliphatic rings. The van der Waals surface area contributed by atoms with Crippen LogP contribution in [-0.4, -0.2) is 30.3 Å². The van der Waals surface area contributed by atoms with Crippen LogP contribution in [0, 0.1) is 5.92 Å². The molecule has 3 nitrogen and oxygen atoms in total. The molecule has 1 saturated heterocycles. The Morgan fingerprint density at radius 1 is 1.29 bits per heavy atom. The summed E-state index contributed by atoms with van der Waals surface area (Å²) in [6.45, 7) is 2.62. The summed E-state index contributed by atoms with van der Waals surface area (Å²) in [5.41, 5.74) is 0. The highest BCUT2D eigenvalue weighted by atomic mass is 32.2. The number of benzene rings is 1. The van der Waals surface area contributed by atoms with E-state index in [0.29, 0.717) is 0 Å². The Kier molecular flexibility index (Phi) is 4.86. The fourth-order valence-electron chi connectivity index (χ4n) is 3.34. The highest BCUT2D eigenvalue weighted by Crippen LogP contribution is 2.44. The molecule has 114 valence electrons. The minimum Gasteiger partial charge on any atom is -0.354 e. The zero-order valence-corrected chi connectivity index (χ0v) is 13.3. The van der Waals surface area contributed by atoms with Crippen LogP contribution in [0.4, 0.5) is 0 Å². The molecule has 1 unspecified atom stereocenters. The van der Waals surface area contributed by atoms with Crippen molar-refractivity contribution in [1.82, 2.24) is 10.6 Å². The summed E-state index contributed by atoms with van der Waals surface area (Å²) in [5.74, 6) is 0.408. The maximum atomic E-state index is 12.2. The molecule has 4 heteroatoms. The van der Waals surface area contributed by atoms with Gasteiger partial charge in [-0.15, -0.1) is 11.8 Å². The first-order chi connectivity index (χ1) is 10.3. The lowest BCUT2D eigenvalue weighted by molar-refractivity contribution is -0.124. The Hall–Kier alpha value is -1.00. The molecule has 3 rings (SSSR count). The maximum absolute atomic E-state index is 12.2. The van der Waals surface area contributed by atoms with E-state index in [-0.39, 0.29) is 16.6 Å². The Bertz CT molecular complexity index is 465. The highest BCUT2D eigenvalue weighted by molar-refractivity contribution is 8.00. The summed E-state index contributed by atoms with van der Waals surface area (Å²) >= 11 is 1.95. The molecule has 1 aromatic rings. The van der Waals surface area contributed by atoms with Gasteiger partial charge in [0.2, 0.25) is 5.91 Å². The summed E-state index contributed by atoms with van der Waals surface area (Å²) in [7, 11) is 0. The normalized spacial score (nSPS) is 24.1. The summed E-state index contributed by atoms with van der Waals surface area (Å²) in [6.07, 6.45) is 5.94. The maximum Gasteiger partial charge on any atom is 0.224 e. The van der Waals surface area contributed by atoms with Crippen LogP contribution in [0.25, 0.3) is 0 Å². The molecule has 2 fully saturated rings. The third-order valence-electron chi connectivity index (χ3n) is 4.61. The standard InChI is InChI=1S/C17H24N2OS/c20-16(14-8-11-18-12-14)19-13-17(9-4-5-10-17)21-15-6-2-1-3-7-15/h1-3,6-7,14,18H,4-5,8-13H2,(H,19,20). The van der Waals surface area contributed by atoms with E-state index in [9.17, 15) is 4.79 Å². The molecule has 1 aliphatic carbocycles. The first kappa shape index (κ1) is 14.9. The van der Waals surface area contributed by atoms with Crippen LogP contribution >= 0.6 is 11.8 Å². The zero-order chi connectivity index (χ0) is 14.5. The molecular weight excluding hydrogens is 280 g/mol. The van der Waals surface area contributed by atoms with Crippen LogP contribution in [0.5, 0.6) is 0 Å². The number of carbonyl (C=O) groups excluding carboxylic acids is 1. The van der Waals surface area contributed by atoms with E-state index in [1.54, 1.807) is 0 Å². The van der Waals surface area contributed by atoms with Gasteiger partial charge in [-0.2, -0.15) is 0 Å². The van der Waals surface area contributed by atoms with Crippen molar-refractivity contribution in [1.29, 1.82) is 0 Å². The molecule has 0 radical (unpaired) electrons. The number of nitrogens with one attached hydrogen (secondary N) is 2. The average Bonchev–Trinajstić information content (AvgIpc) is 3.18. The van der Waals surface area contributed by atoms with Crippen LogP contribution < -0.4 is 10.6 Å². The van der Waals surface area contributed by atoms with Crippen LogP contribution in [0.3, 0.4) is 0 Å². The van der Waals surface area contributed by atoms with E-state index in [1.807, 2.05) is 11.8 Å². The lowest BCUT2D eigenvalue weighted by Gasteiger charge is -2.29. The van der Waals surface area contributed by atoms with Crippen LogP contribution in [0.15, 0.2) is 35.2 Å². The smallest absolute Gasteiger partial charge is 0.224 e. The summed E-state index contributed by atoms with van der Waals surface area (Å²) in [6, 6.07) is 10.6. The molecular formula is C17H24N2OS. The van der Waals surface area contributed by atoms with Crippen molar-refractivity contribution in [2.24, 2.45) is 5.92 Å². The SMILES string of the molecule is O=C(NCC1(Sc2ccccc2)CCCC1)C1CCNC1. The van der Waals surface area contributed by atoms with E-state index in [1.165, 1.54) is 30.6 Å². The fraction of sp³-hybridized carbons (Fsp3) is 0.588. The highest BCUT2D eigenvalue weighted by Gasteiger charge is 2.36. The Labute approximate surface area is 131 Å². The molecule has 1 atom stereocenters. The predicted molar refractivity (Wildman–Crippen MR) is 87.5 cm³/mol. The van der Waals surface area contributed by atoms with E-state index in [0.717, 1.165) is 26.1 Å². The van der Waals surface area contributed by atoms with Crippen LogP contribution in [-0.2, 0) is 4.79 Å². The van der Waals surface area contributed by atoms with Gasteiger partial charge in [0, 0.05) is 22.7 Å². The monoisotopic (exact) mass is 304 g/mol. The molecule has 0 bridgehead atoms. The van der Waals surface area contributed by atoms with Crippen LogP contribution in [0.1, 0.15) is 32.1 Å². The zero-order valence-electron chi connectivity index (χ0n) is 12.4. The number of carbonyl (C=O) groups is 1. The van der Waals surface area contributed by atoms with E-state index >= 15 is 0 Å². The number of amides is 1. The van der Waals surface area contributed by atoms with Crippen molar-refractivity contribution in [3.05, 3.63) is 30.3 Å². The van der Waals surface area contributed by atoms with Gasteiger partial charge in [0.05, 0.1) is 5.92 Å². The molecule has 1 amide bonds. The van der Waals surface area contributed by atoms with E-state index in [4.69, 9.17) is 0 Å². The largest absolute Gasteiger partial charge is 0.354 e. The lowest BCUT2D eigenvalue weighted by atomic mass is 10.1. The predicted octanol–water partition coefficient (Wildman–Crippen LogP) is 2.82. The molecule has 1 heterocycles. The second-order valence-electron chi connectivity index (χ2n) is 6.21. The van der Waals surface area contributed by atoms with E-state index in [2.05, 4.69) is 41.0 Å². The van der Waals surface area contributed by atoms with Gasteiger partial charge in [0.15, 0.2) is 0 Å². The molecule has 21 heavy (non-hydrogen) atoms. The van der Waals surface area contributed by atoms with Gasteiger partial charge in [-0.25, -0.2) is 0 Å². The van der Waals surface area contributed by atoms with Gasteiger partial charge in [0.1, 0.15) is 0 Å². The average molecular weight is 304 g/mol. The minimum atomic E-state index is 0.171. The summed E-state index contributed by atoms with van der Waals surface area (Å²) in [5, 5.41) is 6.49. The Morgan fingerprint density at radius 3 is 2.71 bits per heavy atom. The summed E-state index contributed by atoms with van der Waals surface area (Å²) < 4.78 is 0.197. The van der Waals surface area contributed by atoms with Crippen molar-refractivity contribution < 1.29 is 4.79 Å². The van der Waals surface area contributed by atoms with Crippen molar-refractivity contribution in [2.75, 3.05) is 19.6 Å². The lowest BCUT2D eigenvalue weighted by Crippen LogP contribution is -2.41. The van der Waals surface area contributed by atoms with Gasteiger partial charge >= 0.3 is 0 Å². The molecule has 1 saturated carbocycles. The van der Waals surface area contributed by atoms with Crippen molar-refractivity contribution in [3.63, 3.8) is 0 Å². The van der Waals surface area contributed by atoms with Gasteiger partial charge in [0.25, 0.3) is 0 Å². The van der Waals surface area contributed by atoms with Crippen molar-refractivity contribution in [3.8, 4) is 0 Å². The third kappa shape index (κ3) is 3.80. The second-order valence-corrected chi connectivity index (χ2v) is 7.75. The quantitative estimate of drug-likeness (QED) is 0.879. The first-order valence-corrected chi connectivity index (χ1v) is 8.82. The fourth-order valence-corrected chi connectivity index (χ4v) is 4.77. The number of hydrogen-bond acceptors (Lipinski definition) is 3. The Morgan fingerprint density at radius 2 is 2.05 bits per heavy atom.